The van der Waals surface area contributed by atoms with Crippen LogP contribution in [0.3, 0.4) is 0 Å². The molecule has 1 N–H and O–H groups in total. The van der Waals surface area contributed by atoms with Crippen LogP contribution in [0.1, 0.15) is 17.2 Å². The van der Waals surface area contributed by atoms with Gasteiger partial charge in [0.2, 0.25) is 0 Å². The van der Waals surface area contributed by atoms with Crippen molar-refractivity contribution in [3.05, 3.63) is 71.8 Å². The molecule has 4 aromatic rings. The second-order valence-corrected chi connectivity index (χ2v) is 7.40. The third-order valence-electron chi connectivity index (χ3n) is 5.18. The molecule has 0 bridgehead atoms. The molecule has 0 aliphatic rings. The van der Waals surface area contributed by atoms with Gasteiger partial charge in [-0.15, -0.1) is 0 Å². The molecular weight excluding hydrogens is 423 g/mol. The maximum absolute atomic E-state index is 13.0. The summed E-state index contributed by atoms with van der Waals surface area (Å²) < 4.78 is 49.0. The standard InChI is InChI=1S/C23H20F3N3O3/c1-29(13-14-6-8-18(31-2)9-7-14)20-12-17(11-19-21(20)28-32-27-19)15-4-3-5-16(10-15)22(30)23(24,25)26/h3-12,22,30H,13H2,1-2H3. The van der Waals surface area contributed by atoms with Gasteiger partial charge in [-0.3, -0.25) is 0 Å². The number of anilines is 1. The maximum Gasteiger partial charge on any atom is 0.418 e. The molecule has 0 radical (unpaired) electrons. The number of aromatic nitrogens is 2. The zero-order valence-corrected chi connectivity index (χ0v) is 17.3. The topological polar surface area (TPSA) is 71.6 Å². The van der Waals surface area contributed by atoms with Gasteiger partial charge in [0.05, 0.1) is 12.8 Å². The second-order valence-electron chi connectivity index (χ2n) is 7.40. The lowest BCUT2D eigenvalue weighted by molar-refractivity contribution is -0.206. The Labute approximate surface area is 181 Å². The highest BCUT2D eigenvalue weighted by Crippen LogP contribution is 2.36. The molecule has 1 heterocycles. The minimum absolute atomic E-state index is 0.235. The van der Waals surface area contributed by atoms with E-state index < -0.39 is 12.3 Å². The fourth-order valence-corrected chi connectivity index (χ4v) is 3.50. The Morgan fingerprint density at radius 1 is 1.03 bits per heavy atom. The van der Waals surface area contributed by atoms with E-state index in [9.17, 15) is 18.3 Å². The summed E-state index contributed by atoms with van der Waals surface area (Å²) in [4.78, 5) is 1.95. The van der Waals surface area contributed by atoms with Crippen LogP contribution in [0, 0.1) is 0 Å². The second kappa shape index (κ2) is 8.51. The van der Waals surface area contributed by atoms with Crippen LogP contribution in [0.5, 0.6) is 5.75 Å². The molecule has 32 heavy (non-hydrogen) atoms. The summed E-state index contributed by atoms with van der Waals surface area (Å²) in [6, 6.07) is 16.8. The van der Waals surface area contributed by atoms with Crippen LogP contribution in [-0.2, 0) is 6.54 Å². The van der Waals surface area contributed by atoms with Crippen LogP contribution in [0.25, 0.3) is 22.2 Å². The molecule has 0 aliphatic carbocycles. The van der Waals surface area contributed by atoms with Gasteiger partial charge in [0.1, 0.15) is 11.3 Å². The van der Waals surface area contributed by atoms with E-state index in [1.54, 1.807) is 19.2 Å². The molecule has 166 valence electrons. The molecule has 1 atom stereocenters. The first kappa shape index (κ1) is 21.6. The van der Waals surface area contributed by atoms with Crippen molar-refractivity contribution in [2.45, 2.75) is 18.8 Å². The fourth-order valence-electron chi connectivity index (χ4n) is 3.50. The molecule has 0 spiro atoms. The highest BCUT2D eigenvalue weighted by atomic mass is 19.4. The summed E-state index contributed by atoms with van der Waals surface area (Å²) in [7, 11) is 3.48. The van der Waals surface area contributed by atoms with Crippen molar-refractivity contribution in [3.63, 3.8) is 0 Å². The summed E-state index contributed by atoms with van der Waals surface area (Å²) in [6.45, 7) is 0.544. The first-order valence-electron chi connectivity index (χ1n) is 9.72. The molecule has 1 unspecified atom stereocenters. The quantitative estimate of drug-likeness (QED) is 0.446. The third kappa shape index (κ3) is 4.38. The van der Waals surface area contributed by atoms with Crippen molar-refractivity contribution in [2.75, 3.05) is 19.1 Å². The number of hydrogen-bond donors (Lipinski definition) is 1. The number of rotatable bonds is 6. The van der Waals surface area contributed by atoms with Gasteiger partial charge in [-0.25, -0.2) is 4.63 Å². The predicted molar refractivity (Wildman–Crippen MR) is 113 cm³/mol. The van der Waals surface area contributed by atoms with Crippen LogP contribution in [0.15, 0.2) is 65.3 Å². The Morgan fingerprint density at radius 2 is 1.78 bits per heavy atom. The van der Waals surface area contributed by atoms with Crippen molar-refractivity contribution >= 4 is 16.7 Å². The molecule has 0 fully saturated rings. The number of ether oxygens (including phenoxy) is 1. The van der Waals surface area contributed by atoms with E-state index in [4.69, 9.17) is 9.37 Å². The number of methoxy groups -OCH3 is 1. The minimum Gasteiger partial charge on any atom is -0.497 e. The van der Waals surface area contributed by atoms with Crippen molar-refractivity contribution in [1.82, 2.24) is 10.3 Å². The van der Waals surface area contributed by atoms with Crippen LogP contribution in [0.2, 0.25) is 0 Å². The number of hydrogen-bond acceptors (Lipinski definition) is 6. The molecule has 6 nitrogen and oxygen atoms in total. The van der Waals surface area contributed by atoms with E-state index in [0.29, 0.717) is 34.4 Å². The van der Waals surface area contributed by atoms with Crippen LogP contribution in [0.4, 0.5) is 18.9 Å². The highest BCUT2D eigenvalue weighted by molar-refractivity contribution is 5.92. The normalized spacial score (nSPS) is 12.7. The molecule has 3 aromatic carbocycles. The molecular formula is C23H20F3N3O3. The van der Waals surface area contributed by atoms with Crippen LogP contribution < -0.4 is 9.64 Å². The Bertz CT molecular complexity index is 1220. The average Bonchev–Trinajstić information content (AvgIpc) is 3.26. The van der Waals surface area contributed by atoms with Gasteiger partial charge in [0.25, 0.3) is 0 Å². The van der Waals surface area contributed by atoms with Gasteiger partial charge in [0.15, 0.2) is 11.6 Å². The molecule has 1 aromatic heterocycles. The fraction of sp³-hybridized carbons (Fsp3) is 0.217. The van der Waals surface area contributed by atoms with Crippen molar-refractivity contribution in [1.29, 1.82) is 0 Å². The van der Waals surface area contributed by atoms with E-state index in [0.717, 1.165) is 11.3 Å². The molecule has 0 amide bonds. The number of aliphatic hydroxyl groups excluding tert-OH is 1. The first-order chi connectivity index (χ1) is 15.3. The van der Waals surface area contributed by atoms with Crippen molar-refractivity contribution < 1.29 is 27.6 Å². The SMILES string of the molecule is COc1ccc(CN(C)c2cc(-c3cccc(C(O)C(F)(F)F)c3)cc3nonc23)cc1. The minimum atomic E-state index is -4.75. The number of fused-ring (bicyclic) bond motifs is 1. The smallest absolute Gasteiger partial charge is 0.418 e. The van der Waals surface area contributed by atoms with E-state index in [-0.39, 0.29) is 5.56 Å². The molecule has 0 aliphatic heterocycles. The lowest BCUT2D eigenvalue weighted by Crippen LogP contribution is -2.20. The monoisotopic (exact) mass is 443 g/mol. The summed E-state index contributed by atoms with van der Waals surface area (Å²) >= 11 is 0. The molecule has 9 heteroatoms. The zero-order chi connectivity index (χ0) is 22.9. The van der Waals surface area contributed by atoms with Gasteiger partial charge in [-0.05, 0) is 62.9 Å². The van der Waals surface area contributed by atoms with E-state index >= 15 is 0 Å². The highest BCUT2D eigenvalue weighted by Gasteiger charge is 2.39. The molecule has 0 saturated heterocycles. The molecule has 0 saturated carbocycles. The van der Waals surface area contributed by atoms with E-state index in [2.05, 4.69) is 10.3 Å². The lowest BCUT2D eigenvalue weighted by Gasteiger charge is -2.21. The summed E-state index contributed by atoms with van der Waals surface area (Å²) in [5, 5.41) is 17.5. The Morgan fingerprint density at radius 3 is 2.47 bits per heavy atom. The van der Waals surface area contributed by atoms with Gasteiger partial charge in [-0.1, -0.05) is 30.3 Å². The molecule has 4 rings (SSSR count). The van der Waals surface area contributed by atoms with Crippen LogP contribution in [-0.4, -0.2) is 35.8 Å². The van der Waals surface area contributed by atoms with Crippen molar-refractivity contribution in [2.24, 2.45) is 0 Å². The van der Waals surface area contributed by atoms with Gasteiger partial charge < -0.3 is 14.7 Å². The first-order valence-corrected chi connectivity index (χ1v) is 9.72. The largest absolute Gasteiger partial charge is 0.497 e. The van der Waals surface area contributed by atoms with Crippen LogP contribution >= 0.6 is 0 Å². The van der Waals surface area contributed by atoms with Gasteiger partial charge in [-0.2, -0.15) is 13.2 Å². The number of halogens is 3. The van der Waals surface area contributed by atoms with E-state index in [1.807, 2.05) is 42.3 Å². The predicted octanol–water partition coefficient (Wildman–Crippen LogP) is 5.13. The van der Waals surface area contributed by atoms with Crippen molar-refractivity contribution in [3.8, 4) is 16.9 Å². The zero-order valence-electron chi connectivity index (χ0n) is 17.3. The maximum atomic E-state index is 13.0. The van der Waals surface area contributed by atoms with E-state index in [1.165, 1.54) is 18.2 Å². The Hall–Kier alpha value is -3.59. The number of alkyl halides is 3. The number of benzene rings is 3. The average molecular weight is 443 g/mol. The van der Waals surface area contributed by atoms with Gasteiger partial charge >= 0.3 is 6.18 Å². The summed E-state index contributed by atoms with van der Waals surface area (Å²) in [5.41, 5.74) is 3.64. The summed E-state index contributed by atoms with van der Waals surface area (Å²) in [6.07, 6.45) is -7.31. The Kier molecular flexibility index (Phi) is 5.75. The third-order valence-corrected chi connectivity index (χ3v) is 5.18. The summed E-state index contributed by atoms with van der Waals surface area (Å²) in [5.74, 6) is 0.752. The number of aliphatic hydroxyl groups is 1. The lowest BCUT2D eigenvalue weighted by atomic mass is 9.99. The number of nitrogens with zero attached hydrogens (tertiary/aromatic N) is 3. The Balaban J connectivity index is 1.70. The van der Waals surface area contributed by atoms with Gasteiger partial charge in [0, 0.05) is 13.6 Å².